The Hall–Kier alpha value is -2.02. The van der Waals surface area contributed by atoms with E-state index in [1.807, 2.05) is 0 Å². The summed E-state index contributed by atoms with van der Waals surface area (Å²) in [5.74, 6) is 4.82. The molecule has 0 aliphatic carbocycles. The lowest BCUT2D eigenvalue weighted by molar-refractivity contribution is 0.0697. The lowest BCUT2D eigenvalue weighted by Gasteiger charge is -2.04. The van der Waals surface area contributed by atoms with Crippen molar-refractivity contribution in [3.63, 3.8) is 0 Å². The first-order valence-corrected chi connectivity index (χ1v) is 4.07. The van der Waals surface area contributed by atoms with Crippen LogP contribution in [0.1, 0.15) is 17.3 Å². The fraction of sp³-hybridized carbons (Fsp3) is 0.200. The molecule has 0 saturated heterocycles. The summed E-state index contributed by atoms with van der Waals surface area (Å²) in [5.41, 5.74) is 0.158. The van der Waals surface area contributed by atoms with Gasteiger partial charge in [-0.1, -0.05) is 5.92 Å². The van der Waals surface area contributed by atoms with Gasteiger partial charge in [0.05, 0.1) is 6.54 Å². The lowest BCUT2D eigenvalue weighted by atomic mass is 10.2. The van der Waals surface area contributed by atoms with Crippen molar-refractivity contribution in [2.45, 2.75) is 6.92 Å². The van der Waals surface area contributed by atoms with E-state index in [-0.39, 0.29) is 5.56 Å². The highest BCUT2D eigenvalue weighted by molar-refractivity contribution is 5.92. The van der Waals surface area contributed by atoms with E-state index in [1.165, 1.54) is 12.3 Å². The summed E-state index contributed by atoms with van der Waals surface area (Å²) < 4.78 is 0. The Balaban J connectivity index is 2.83. The zero-order valence-electron chi connectivity index (χ0n) is 7.74. The number of hydrogen-bond acceptors (Lipinski definition) is 3. The average molecular weight is 190 g/mol. The van der Waals surface area contributed by atoms with Gasteiger partial charge in [0.1, 0.15) is 11.4 Å². The number of carboxylic acid groups (broad SMARTS) is 1. The Bertz CT molecular complexity index is 391. The van der Waals surface area contributed by atoms with E-state index < -0.39 is 5.97 Å². The molecule has 0 aromatic carbocycles. The third kappa shape index (κ3) is 2.49. The monoisotopic (exact) mass is 190 g/mol. The molecular weight excluding hydrogens is 180 g/mol. The van der Waals surface area contributed by atoms with Gasteiger partial charge in [-0.15, -0.1) is 5.92 Å². The molecule has 0 saturated carbocycles. The van der Waals surface area contributed by atoms with Gasteiger partial charge in [0.25, 0.3) is 0 Å². The molecule has 1 heterocycles. The first-order chi connectivity index (χ1) is 6.75. The zero-order chi connectivity index (χ0) is 10.4. The largest absolute Gasteiger partial charge is 0.478 e. The second-order valence-corrected chi connectivity index (χ2v) is 2.49. The summed E-state index contributed by atoms with van der Waals surface area (Å²) in [4.78, 5) is 14.7. The summed E-state index contributed by atoms with van der Waals surface area (Å²) in [6, 6.07) is 3.08. The second-order valence-electron chi connectivity index (χ2n) is 2.49. The zero-order valence-corrected chi connectivity index (χ0v) is 7.74. The van der Waals surface area contributed by atoms with Crippen LogP contribution in [0.4, 0.5) is 5.82 Å². The van der Waals surface area contributed by atoms with Crippen molar-refractivity contribution in [3.8, 4) is 11.8 Å². The molecule has 0 aliphatic rings. The van der Waals surface area contributed by atoms with Gasteiger partial charge < -0.3 is 10.4 Å². The maximum absolute atomic E-state index is 10.7. The lowest BCUT2D eigenvalue weighted by Crippen LogP contribution is -2.08. The number of hydrogen-bond donors (Lipinski definition) is 2. The van der Waals surface area contributed by atoms with Gasteiger partial charge in [-0.25, -0.2) is 9.78 Å². The third-order valence-corrected chi connectivity index (χ3v) is 1.56. The SMILES string of the molecule is CC#CCNc1ncccc1C(=O)O. The molecule has 0 unspecified atom stereocenters. The van der Waals surface area contributed by atoms with Crippen LogP contribution in [0.5, 0.6) is 0 Å². The van der Waals surface area contributed by atoms with Crippen LogP contribution in [0.3, 0.4) is 0 Å². The van der Waals surface area contributed by atoms with E-state index in [2.05, 4.69) is 22.1 Å². The smallest absolute Gasteiger partial charge is 0.339 e. The molecule has 0 bridgehead atoms. The molecule has 1 aromatic rings. The minimum absolute atomic E-state index is 0.158. The van der Waals surface area contributed by atoms with Crippen molar-refractivity contribution in [1.29, 1.82) is 0 Å². The van der Waals surface area contributed by atoms with Crippen molar-refractivity contribution in [2.24, 2.45) is 0 Å². The molecule has 72 valence electrons. The first kappa shape index (κ1) is 10.1. The maximum atomic E-state index is 10.7. The molecule has 0 amide bonds. The molecule has 1 aromatic heterocycles. The van der Waals surface area contributed by atoms with Crippen LogP contribution in [-0.2, 0) is 0 Å². The van der Waals surface area contributed by atoms with E-state index in [4.69, 9.17) is 5.11 Å². The van der Waals surface area contributed by atoms with Crippen LogP contribution in [0, 0.1) is 11.8 Å². The molecule has 0 aliphatic heterocycles. The van der Waals surface area contributed by atoms with Crippen LogP contribution >= 0.6 is 0 Å². The number of nitrogens with one attached hydrogen (secondary N) is 1. The van der Waals surface area contributed by atoms with Gasteiger partial charge >= 0.3 is 5.97 Å². The molecular formula is C10H10N2O2. The fourth-order valence-electron chi connectivity index (χ4n) is 0.935. The van der Waals surface area contributed by atoms with E-state index in [0.717, 1.165) is 0 Å². The van der Waals surface area contributed by atoms with Crippen LogP contribution in [-0.4, -0.2) is 22.6 Å². The number of rotatable bonds is 3. The second kappa shape index (κ2) is 4.87. The van der Waals surface area contributed by atoms with Gasteiger partial charge in [-0.2, -0.15) is 0 Å². The number of pyridine rings is 1. The molecule has 4 nitrogen and oxygen atoms in total. The standard InChI is InChI=1S/C10H10N2O2/c1-2-3-6-11-9-8(10(13)14)5-4-7-12-9/h4-5,7H,6H2,1H3,(H,11,12)(H,13,14). The minimum Gasteiger partial charge on any atom is -0.478 e. The molecule has 0 spiro atoms. The van der Waals surface area contributed by atoms with Crippen molar-refractivity contribution < 1.29 is 9.90 Å². The Morgan fingerprint density at radius 3 is 3.14 bits per heavy atom. The Morgan fingerprint density at radius 2 is 2.50 bits per heavy atom. The maximum Gasteiger partial charge on any atom is 0.339 e. The first-order valence-electron chi connectivity index (χ1n) is 4.07. The number of anilines is 1. The highest BCUT2D eigenvalue weighted by Crippen LogP contribution is 2.10. The van der Waals surface area contributed by atoms with Crippen LogP contribution < -0.4 is 5.32 Å². The molecule has 0 radical (unpaired) electrons. The molecule has 0 fully saturated rings. The van der Waals surface area contributed by atoms with Crippen LogP contribution in [0.25, 0.3) is 0 Å². The topological polar surface area (TPSA) is 62.2 Å². The number of aromatic carboxylic acids is 1. The predicted molar refractivity (Wildman–Crippen MR) is 53.1 cm³/mol. The van der Waals surface area contributed by atoms with Crippen LogP contribution in [0.2, 0.25) is 0 Å². The van der Waals surface area contributed by atoms with Gasteiger partial charge in [0.15, 0.2) is 0 Å². The molecule has 2 N–H and O–H groups in total. The third-order valence-electron chi connectivity index (χ3n) is 1.56. The van der Waals surface area contributed by atoms with E-state index in [1.54, 1.807) is 13.0 Å². The van der Waals surface area contributed by atoms with Crippen molar-refractivity contribution >= 4 is 11.8 Å². The van der Waals surface area contributed by atoms with Gasteiger partial charge in [0.2, 0.25) is 0 Å². The van der Waals surface area contributed by atoms with E-state index >= 15 is 0 Å². The van der Waals surface area contributed by atoms with Crippen molar-refractivity contribution in [3.05, 3.63) is 23.9 Å². The molecule has 0 atom stereocenters. The van der Waals surface area contributed by atoms with E-state index in [9.17, 15) is 4.79 Å². The van der Waals surface area contributed by atoms with Crippen molar-refractivity contribution in [1.82, 2.24) is 4.98 Å². The summed E-state index contributed by atoms with van der Waals surface area (Å²) >= 11 is 0. The van der Waals surface area contributed by atoms with Gasteiger partial charge in [-0.3, -0.25) is 0 Å². The summed E-state index contributed by atoms with van der Waals surface area (Å²) in [5, 5.41) is 11.6. The Morgan fingerprint density at radius 1 is 1.71 bits per heavy atom. The Labute approximate surface area is 82.0 Å². The number of aromatic nitrogens is 1. The highest BCUT2D eigenvalue weighted by Gasteiger charge is 2.08. The summed E-state index contributed by atoms with van der Waals surface area (Å²) in [6.45, 7) is 2.12. The number of nitrogens with zero attached hydrogens (tertiary/aromatic N) is 1. The van der Waals surface area contributed by atoms with Gasteiger partial charge in [0, 0.05) is 6.20 Å². The molecule has 14 heavy (non-hydrogen) atoms. The fourth-order valence-corrected chi connectivity index (χ4v) is 0.935. The predicted octanol–water partition coefficient (Wildman–Crippen LogP) is 1.21. The van der Waals surface area contributed by atoms with Crippen LogP contribution in [0.15, 0.2) is 18.3 Å². The minimum atomic E-state index is -0.995. The normalized spacial score (nSPS) is 8.64. The van der Waals surface area contributed by atoms with Gasteiger partial charge in [-0.05, 0) is 19.1 Å². The van der Waals surface area contributed by atoms with Crippen molar-refractivity contribution in [2.75, 3.05) is 11.9 Å². The number of carbonyl (C=O) groups is 1. The molecule has 1 rings (SSSR count). The average Bonchev–Trinajstić information content (AvgIpc) is 2.19. The van der Waals surface area contributed by atoms with E-state index in [0.29, 0.717) is 12.4 Å². The molecule has 4 heteroatoms. The summed E-state index contributed by atoms with van der Waals surface area (Å²) in [6.07, 6.45) is 1.54. The highest BCUT2D eigenvalue weighted by atomic mass is 16.4. The number of carboxylic acids is 1. The quantitative estimate of drug-likeness (QED) is 0.703. The Kier molecular flexibility index (Phi) is 3.50. The summed E-state index contributed by atoms with van der Waals surface area (Å²) in [7, 11) is 0.